The van der Waals surface area contributed by atoms with Gasteiger partial charge in [-0.1, -0.05) is 0 Å². The van der Waals surface area contributed by atoms with Crippen molar-refractivity contribution in [2.24, 2.45) is 11.8 Å². The van der Waals surface area contributed by atoms with Crippen LogP contribution in [0.4, 0.5) is 17.6 Å². The number of nitrogens with two attached hydrogens (primary N) is 2. The van der Waals surface area contributed by atoms with Crippen LogP contribution >= 0.6 is 0 Å². The molecule has 2 fully saturated rings. The summed E-state index contributed by atoms with van der Waals surface area (Å²) in [6.07, 6.45) is 0. The van der Waals surface area contributed by atoms with Crippen LogP contribution in [0.2, 0.25) is 0 Å². The Morgan fingerprint density at radius 2 is 1.67 bits per heavy atom. The number of anilines is 3. The van der Waals surface area contributed by atoms with E-state index in [4.69, 9.17) is 11.5 Å². The summed E-state index contributed by atoms with van der Waals surface area (Å²) >= 11 is 0. The van der Waals surface area contributed by atoms with E-state index in [9.17, 15) is 0 Å². The van der Waals surface area contributed by atoms with Crippen LogP contribution in [0.5, 0.6) is 0 Å². The van der Waals surface area contributed by atoms with Gasteiger partial charge in [-0.25, -0.2) is 0 Å². The average Bonchev–Trinajstić information content (AvgIpc) is 2.80. The Kier molecular flexibility index (Phi) is 2.55. The monoisotopic (exact) mass is 248 g/mol. The fourth-order valence-electron chi connectivity index (χ4n) is 3.25. The van der Waals surface area contributed by atoms with Gasteiger partial charge >= 0.3 is 0 Å². The summed E-state index contributed by atoms with van der Waals surface area (Å²) in [7, 11) is 2.19. The van der Waals surface area contributed by atoms with Crippen molar-refractivity contribution in [3.63, 3.8) is 0 Å². The second-order valence-electron chi connectivity index (χ2n) is 5.56. The number of fused-ring (bicyclic) bond motifs is 1. The first-order chi connectivity index (χ1) is 8.54. The smallest absolute Gasteiger partial charge is 0.223 e. The molecule has 0 aliphatic carbocycles. The Bertz CT molecular complexity index is 460. The van der Waals surface area contributed by atoms with E-state index in [-0.39, 0.29) is 5.95 Å². The molecule has 2 saturated heterocycles. The van der Waals surface area contributed by atoms with E-state index >= 15 is 0 Å². The van der Waals surface area contributed by atoms with E-state index in [2.05, 4.69) is 26.8 Å². The third-order valence-corrected chi connectivity index (χ3v) is 4.14. The van der Waals surface area contributed by atoms with Gasteiger partial charge in [0.05, 0.1) is 0 Å². The lowest BCUT2D eigenvalue weighted by Gasteiger charge is -2.22. The minimum Gasteiger partial charge on any atom is -0.383 e. The fourth-order valence-corrected chi connectivity index (χ4v) is 3.25. The van der Waals surface area contributed by atoms with Crippen LogP contribution in [-0.2, 0) is 0 Å². The van der Waals surface area contributed by atoms with Crippen molar-refractivity contribution in [2.45, 2.75) is 6.92 Å². The Balaban J connectivity index is 1.85. The van der Waals surface area contributed by atoms with Gasteiger partial charge in [-0.2, -0.15) is 9.97 Å². The van der Waals surface area contributed by atoms with Gasteiger partial charge in [0.1, 0.15) is 11.6 Å². The Hall–Kier alpha value is -1.56. The van der Waals surface area contributed by atoms with Crippen molar-refractivity contribution < 1.29 is 0 Å². The summed E-state index contributed by atoms with van der Waals surface area (Å²) in [5.74, 6) is 3.16. The number of likely N-dealkylation sites (tertiary alicyclic amines) is 1. The maximum Gasteiger partial charge on any atom is 0.223 e. The molecule has 2 aliphatic rings. The van der Waals surface area contributed by atoms with Gasteiger partial charge < -0.3 is 21.3 Å². The molecule has 1 aromatic rings. The number of aromatic nitrogens is 2. The van der Waals surface area contributed by atoms with Gasteiger partial charge in [-0.3, -0.25) is 0 Å². The van der Waals surface area contributed by atoms with Crippen molar-refractivity contribution in [3.8, 4) is 0 Å². The SMILES string of the molecule is Cc1c(N)nc(N)nc1N1CC2CN(C)CC2C1. The summed E-state index contributed by atoms with van der Waals surface area (Å²) in [6, 6.07) is 0. The fraction of sp³-hybridized carbons (Fsp3) is 0.667. The second kappa shape index (κ2) is 3.98. The molecule has 0 bridgehead atoms. The highest BCUT2D eigenvalue weighted by atomic mass is 15.3. The zero-order valence-electron chi connectivity index (χ0n) is 10.9. The molecule has 6 nitrogen and oxygen atoms in total. The molecule has 4 N–H and O–H groups in total. The number of nitrogens with zero attached hydrogens (tertiary/aromatic N) is 4. The third kappa shape index (κ3) is 1.77. The number of hydrogen-bond donors (Lipinski definition) is 2. The maximum atomic E-state index is 5.86. The van der Waals surface area contributed by atoms with E-state index in [1.807, 2.05) is 6.92 Å². The Morgan fingerprint density at radius 1 is 1.06 bits per heavy atom. The average molecular weight is 248 g/mol. The molecule has 2 unspecified atom stereocenters. The van der Waals surface area contributed by atoms with E-state index in [0.29, 0.717) is 5.82 Å². The van der Waals surface area contributed by atoms with Crippen molar-refractivity contribution in [1.82, 2.24) is 14.9 Å². The zero-order chi connectivity index (χ0) is 12.9. The van der Waals surface area contributed by atoms with Gasteiger partial charge in [0.2, 0.25) is 5.95 Å². The summed E-state index contributed by atoms with van der Waals surface area (Å²) in [4.78, 5) is 13.1. The number of hydrogen-bond acceptors (Lipinski definition) is 6. The minimum atomic E-state index is 0.266. The standard InChI is InChI=1S/C12H20N6/c1-7-10(13)15-12(14)16-11(7)18-5-8-3-17(2)4-9(8)6-18/h8-9H,3-6H2,1-2H3,(H4,13,14,15,16). The lowest BCUT2D eigenvalue weighted by molar-refractivity contribution is 0.387. The number of nitrogen functional groups attached to an aromatic ring is 2. The molecule has 0 saturated carbocycles. The van der Waals surface area contributed by atoms with Crippen LogP contribution in [-0.4, -0.2) is 48.1 Å². The molecule has 2 atom stereocenters. The van der Waals surface area contributed by atoms with E-state index in [1.54, 1.807) is 0 Å². The normalized spacial score (nSPS) is 27.8. The summed E-state index contributed by atoms with van der Waals surface area (Å²) < 4.78 is 0. The van der Waals surface area contributed by atoms with E-state index in [1.165, 1.54) is 13.1 Å². The summed E-state index contributed by atoms with van der Waals surface area (Å²) in [5.41, 5.74) is 12.5. The van der Waals surface area contributed by atoms with Crippen LogP contribution in [0.1, 0.15) is 5.56 Å². The van der Waals surface area contributed by atoms with Crippen molar-refractivity contribution in [3.05, 3.63) is 5.56 Å². The highest BCUT2D eigenvalue weighted by molar-refractivity contribution is 5.59. The summed E-state index contributed by atoms with van der Waals surface area (Å²) in [6.45, 7) is 6.41. The minimum absolute atomic E-state index is 0.266. The van der Waals surface area contributed by atoms with Gasteiger partial charge in [0.15, 0.2) is 0 Å². The second-order valence-corrected chi connectivity index (χ2v) is 5.56. The van der Waals surface area contributed by atoms with Crippen molar-refractivity contribution in [1.29, 1.82) is 0 Å². The van der Waals surface area contributed by atoms with Crippen molar-refractivity contribution in [2.75, 3.05) is 49.6 Å². The van der Waals surface area contributed by atoms with Crippen LogP contribution in [0.25, 0.3) is 0 Å². The largest absolute Gasteiger partial charge is 0.383 e. The van der Waals surface area contributed by atoms with Gasteiger partial charge in [-0.15, -0.1) is 0 Å². The van der Waals surface area contributed by atoms with Gasteiger partial charge in [0.25, 0.3) is 0 Å². The first-order valence-electron chi connectivity index (χ1n) is 6.37. The molecule has 1 aromatic heterocycles. The van der Waals surface area contributed by atoms with Crippen LogP contribution < -0.4 is 16.4 Å². The highest BCUT2D eigenvalue weighted by Crippen LogP contribution is 2.34. The summed E-state index contributed by atoms with van der Waals surface area (Å²) in [5, 5.41) is 0. The quantitative estimate of drug-likeness (QED) is 0.725. The lowest BCUT2D eigenvalue weighted by atomic mass is 10.0. The third-order valence-electron chi connectivity index (χ3n) is 4.14. The molecule has 3 rings (SSSR count). The molecular formula is C12H20N6. The van der Waals surface area contributed by atoms with E-state index < -0.39 is 0 Å². The molecule has 0 aromatic carbocycles. The molecule has 18 heavy (non-hydrogen) atoms. The Morgan fingerprint density at radius 3 is 2.28 bits per heavy atom. The predicted molar refractivity (Wildman–Crippen MR) is 72.3 cm³/mol. The predicted octanol–water partition coefficient (Wildman–Crippen LogP) is -0.0528. The first-order valence-corrected chi connectivity index (χ1v) is 6.37. The molecule has 98 valence electrons. The highest BCUT2D eigenvalue weighted by Gasteiger charge is 2.39. The maximum absolute atomic E-state index is 5.86. The van der Waals surface area contributed by atoms with Crippen LogP contribution in [0.3, 0.4) is 0 Å². The van der Waals surface area contributed by atoms with Gasteiger partial charge in [-0.05, 0) is 25.8 Å². The Labute approximate surface area is 107 Å². The van der Waals surface area contributed by atoms with Crippen LogP contribution in [0.15, 0.2) is 0 Å². The zero-order valence-corrected chi connectivity index (χ0v) is 10.9. The van der Waals surface area contributed by atoms with Crippen molar-refractivity contribution >= 4 is 17.6 Å². The molecule has 0 radical (unpaired) electrons. The molecule has 3 heterocycles. The van der Waals surface area contributed by atoms with Gasteiger partial charge in [0, 0.05) is 31.7 Å². The van der Waals surface area contributed by atoms with E-state index in [0.717, 1.165) is 36.3 Å². The lowest BCUT2D eigenvalue weighted by Crippen LogP contribution is -2.28. The number of rotatable bonds is 1. The molecule has 0 amide bonds. The van der Waals surface area contributed by atoms with Crippen LogP contribution in [0, 0.1) is 18.8 Å². The molecule has 2 aliphatic heterocycles. The molecule has 6 heteroatoms. The molecular weight excluding hydrogens is 228 g/mol. The first kappa shape index (κ1) is 11.5. The topological polar surface area (TPSA) is 84.3 Å². The molecule has 0 spiro atoms.